The van der Waals surface area contributed by atoms with Gasteiger partial charge in [-0.15, -0.1) is 0 Å². The van der Waals surface area contributed by atoms with Gasteiger partial charge >= 0.3 is 0 Å². The van der Waals surface area contributed by atoms with Gasteiger partial charge in [0.25, 0.3) is 0 Å². The number of nitrogens with zero attached hydrogens (tertiary/aromatic N) is 1. The lowest BCUT2D eigenvalue weighted by atomic mass is 10.2. The van der Waals surface area contributed by atoms with Crippen LogP contribution in [0.2, 0.25) is 0 Å². The lowest BCUT2D eigenvalue weighted by molar-refractivity contribution is 0.213. The third-order valence-electron chi connectivity index (χ3n) is 1.89. The summed E-state index contributed by atoms with van der Waals surface area (Å²) in [6.45, 7) is 0. The van der Waals surface area contributed by atoms with E-state index in [1.54, 1.807) is 19.6 Å². The predicted octanol–water partition coefficient (Wildman–Crippen LogP) is 1.58. The second kappa shape index (κ2) is 2.42. The van der Waals surface area contributed by atoms with Crippen LogP contribution in [0, 0.1) is 0 Å². The second-order valence-corrected chi connectivity index (χ2v) is 2.53. The first-order valence-corrected chi connectivity index (χ1v) is 3.57. The summed E-state index contributed by atoms with van der Waals surface area (Å²) in [7, 11) is 1.56. The second-order valence-electron chi connectivity index (χ2n) is 2.53. The van der Waals surface area contributed by atoms with Gasteiger partial charge < -0.3 is 9.25 Å². The monoisotopic (exact) mass is 151 g/mol. The zero-order valence-electron chi connectivity index (χ0n) is 6.33. The van der Waals surface area contributed by atoms with Crippen LogP contribution >= 0.6 is 0 Å². The SMILES string of the molecule is CON=C1CCc2cocc21. The number of oxime groups is 1. The maximum Gasteiger partial charge on any atom is 0.106 e. The smallest absolute Gasteiger partial charge is 0.106 e. The van der Waals surface area contributed by atoms with Crippen molar-refractivity contribution in [1.29, 1.82) is 0 Å². The van der Waals surface area contributed by atoms with Crippen LogP contribution in [0.4, 0.5) is 0 Å². The molecule has 0 amide bonds. The molecule has 1 aliphatic carbocycles. The van der Waals surface area contributed by atoms with Gasteiger partial charge in [0.2, 0.25) is 0 Å². The van der Waals surface area contributed by atoms with Gasteiger partial charge in [-0.2, -0.15) is 0 Å². The maximum atomic E-state index is 5.03. The Morgan fingerprint density at radius 3 is 3.18 bits per heavy atom. The number of hydrogen-bond donors (Lipinski definition) is 0. The van der Waals surface area contributed by atoms with Crippen molar-refractivity contribution in [1.82, 2.24) is 0 Å². The Morgan fingerprint density at radius 2 is 2.36 bits per heavy atom. The summed E-state index contributed by atoms with van der Waals surface area (Å²) in [5.74, 6) is 0. The van der Waals surface area contributed by atoms with Crippen LogP contribution < -0.4 is 0 Å². The van der Waals surface area contributed by atoms with E-state index in [4.69, 9.17) is 9.25 Å². The van der Waals surface area contributed by atoms with Crippen molar-refractivity contribution in [2.45, 2.75) is 12.8 Å². The molecule has 1 aromatic rings. The number of furan rings is 1. The fourth-order valence-corrected chi connectivity index (χ4v) is 1.36. The van der Waals surface area contributed by atoms with E-state index in [2.05, 4.69) is 5.16 Å². The van der Waals surface area contributed by atoms with Gasteiger partial charge in [0.05, 0.1) is 18.2 Å². The molecule has 0 atom stereocenters. The van der Waals surface area contributed by atoms with Crippen LogP contribution in [-0.4, -0.2) is 12.8 Å². The van der Waals surface area contributed by atoms with Crippen LogP contribution in [0.5, 0.6) is 0 Å². The number of fused-ring (bicyclic) bond motifs is 1. The molecule has 0 saturated heterocycles. The van der Waals surface area contributed by atoms with Crippen molar-refractivity contribution in [2.75, 3.05) is 7.11 Å². The van der Waals surface area contributed by atoms with Gasteiger partial charge in [0.1, 0.15) is 7.11 Å². The molecule has 0 aliphatic heterocycles. The average molecular weight is 151 g/mol. The van der Waals surface area contributed by atoms with Crippen molar-refractivity contribution in [2.24, 2.45) is 5.16 Å². The van der Waals surface area contributed by atoms with Gasteiger partial charge in [0, 0.05) is 5.56 Å². The zero-order chi connectivity index (χ0) is 7.68. The molecule has 1 heterocycles. The van der Waals surface area contributed by atoms with Gasteiger partial charge in [-0.25, -0.2) is 0 Å². The highest BCUT2D eigenvalue weighted by atomic mass is 16.6. The van der Waals surface area contributed by atoms with Crippen molar-refractivity contribution in [3.05, 3.63) is 23.7 Å². The summed E-state index contributed by atoms with van der Waals surface area (Å²) in [4.78, 5) is 4.70. The van der Waals surface area contributed by atoms with Gasteiger partial charge in [-0.3, -0.25) is 0 Å². The molecule has 11 heavy (non-hydrogen) atoms. The fraction of sp³-hybridized carbons (Fsp3) is 0.375. The van der Waals surface area contributed by atoms with E-state index in [-0.39, 0.29) is 0 Å². The molecule has 0 saturated carbocycles. The Balaban J connectivity index is 2.38. The Morgan fingerprint density at radius 1 is 1.45 bits per heavy atom. The molecular weight excluding hydrogens is 142 g/mol. The maximum absolute atomic E-state index is 5.03. The van der Waals surface area contributed by atoms with Crippen molar-refractivity contribution < 1.29 is 9.25 Å². The van der Waals surface area contributed by atoms with E-state index in [0.717, 1.165) is 24.1 Å². The van der Waals surface area contributed by atoms with Crippen LogP contribution in [0.1, 0.15) is 17.5 Å². The van der Waals surface area contributed by atoms with Crippen molar-refractivity contribution in [3.8, 4) is 0 Å². The molecule has 1 aromatic heterocycles. The zero-order valence-corrected chi connectivity index (χ0v) is 6.33. The Hall–Kier alpha value is -1.25. The van der Waals surface area contributed by atoms with Gasteiger partial charge in [0.15, 0.2) is 0 Å². The fourth-order valence-electron chi connectivity index (χ4n) is 1.36. The molecule has 3 nitrogen and oxygen atoms in total. The van der Waals surface area contributed by atoms with E-state index in [1.807, 2.05) is 0 Å². The quantitative estimate of drug-likeness (QED) is 0.571. The Labute approximate surface area is 64.6 Å². The largest absolute Gasteiger partial charge is 0.472 e. The highest BCUT2D eigenvalue weighted by Crippen LogP contribution is 2.23. The summed E-state index contributed by atoms with van der Waals surface area (Å²) in [6, 6.07) is 0. The standard InChI is InChI=1S/C8H9NO2/c1-10-9-8-3-2-6-4-11-5-7(6)8/h4-5H,2-3H2,1H3. The molecule has 3 heteroatoms. The first kappa shape index (κ1) is 6.46. The molecule has 0 bridgehead atoms. The van der Waals surface area contributed by atoms with E-state index >= 15 is 0 Å². The van der Waals surface area contributed by atoms with Crippen LogP contribution in [-0.2, 0) is 11.3 Å². The van der Waals surface area contributed by atoms with E-state index in [0.29, 0.717) is 0 Å². The molecule has 0 fully saturated rings. The predicted molar refractivity (Wildman–Crippen MR) is 40.6 cm³/mol. The molecule has 0 radical (unpaired) electrons. The minimum Gasteiger partial charge on any atom is -0.472 e. The number of rotatable bonds is 1. The summed E-state index contributed by atoms with van der Waals surface area (Å²) in [6.07, 6.45) is 5.48. The van der Waals surface area contributed by atoms with Crippen molar-refractivity contribution >= 4 is 5.71 Å². The molecule has 1 aliphatic rings. The molecule has 58 valence electrons. The van der Waals surface area contributed by atoms with E-state index < -0.39 is 0 Å². The average Bonchev–Trinajstić information content (AvgIpc) is 2.53. The topological polar surface area (TPSA) is 34.7 Å². The molecule has 2 rings (SSSR count). The van der Waals surface area contributed by atoms with E-state index in [1.165, 1.54) is 5.56 Å². The van der Waals surface area contributed by atoms with Crippen LogP contribution in [0.25, 0.3) is 0 Å². The van der Waals surface area contributed by atoms with Crippen LogP contribution in [0.15, 0.2) is 22.1 Å². The summed E-state index contributed by atoms with van der Waals surface area (Å²) < 4.78 is 5.03. The summed E-state index contributed by atoms with van der Waals surface area (Å²) >= 11 is 0. The Kier molecular flexibility index (Phi) is 1.42. The summed E-state index contributed by atoms with van der Waals surface area (Å²) in [5, 5.41) is 3.89. The minimum absolute atomic E-state index is 0.967. The van der Waals surface area contributed by atoms with Crippen molar-refractivity contribution in [3.63, 3.8) is 0 Å². The normalized spacial score (nSPS) is 18.8. The van der Waals surface area contributed by atoms with Gasteiger partial charge in [-0.05, 0) is 18.4 Å². The highest BCUT2D eigenvalue weighted by molar-refractivity contribution is 6.03. The lowest BCUT2D eigenvalue weighted by Crippen LogP contribution is -1.92. The third kappa shape index (κ3) is 0.926. The summed E-state index contributed by atoms with van der Waals surface area (Å²) in [5.41, 5.74) is 3.34. The minimum atomic E-state index is 0.967. The first-order valence-electron chi connectivity index (χ1n) is 3.57. The number of aryl methyl sites for hydroxylation is 1. The van der Waals surface area contributed by atoms with E-state index in [9.17, 15) is 0 Å². The molecular formula is C8H9NO2. The number of hydrogen-bond acceptors (Lipinski definition) is 3. The molecule has 0 unspecified atom stereocenters. The lowest BCUT2D eigenvalue weighted by Gasteiger charge is -1.91. The van der Waals surface area contributed by atoms with Crippen LogP contribution in [0.3, 0.4) is 0 Å². The molecule has 0 spiro atoms. The Bertz CT molecular complexity index is 288. The molecule has 0 N–H and O–H groups in total. The third-order valence-corrected chi connectivity index (χ3v) is 1.89. The first-order chi connectivity index (χ1) is 5.42. The van der Waals surface area contributed by atoms with Gasteiger partial charge in [-0.1, -0.05) is 5.16 Å². The molecule has 0 aromatic carbocycles. The highest BCUT2D eigenvalue weighted by Gasteiger charge is 2.19.